The van der Waals surface area contributed by atoms with Gasteiger partial charge >= 0.3 is 0 Å². The molecule has 2 unspecified atom stereocenters. The lowest BCUT2D eigenvalue weighted by atomic mass is 9.99. The summed E-state index contributed by atoms with van der Waals surface area (Å²) in [6, 6.07) is 3.95. The van der Waals surface area contributed by atoms with Gasteiger partial charge in [0.25, 0.3) is 0 Å². The van der Waals surface area contributed by atoms with Crippen molar-refractivity contribution in [2.24, 2.45) is 11.8 Å². The van der Waals surface area contributed by atoms with Gasteiger partial charge in [0.05, 0.1) is 12.1 Å². The van der Waals surface area contributed by atoms with Gasteiger partial charge in [-0.1, -0.05) is 5.92 Å². The Morgan fingerprint density at radius 3 is 2.30 bits per heavy atom. The summed E-state index contributed by atoms with van der Waals surface area (Å²) >= 11 is 0. The van der Waals surface area contributed by atoms with Crippen LogP contribution < -0.4 is 0 Å². The molecule has 0 fully saturated rings. The van der Waals surface area contributed by atoms with Gasteiger partial charge in [0.1, 0.15) is 5.92 Å². The zero-order valence-electron chi connectivity index (χ0n) is 5.83. The molecule has 50 valence electrons. The molecule has 0 heterocycles. The van der Waals surface area contributed by atoms with Crippen molar-refractivity contribution >= 4 is 0 Å². The molecule has 0 aromatic carbocycles. The van der Waals surface area contributed by atoms with Crippen molar-refractivity contribution in [3.05, 3.63) is 0 Å². The van der Waals surface area contributed by atoms with Crippen molar-refractivity contribution in [1.82, 2.24) is 0 Å². The first-order chi connectivity index (χ1) is 4.74. The van der Waals surface area contributed by atoms with E-state index in [-0.39, 0.29) is 5.92 Å². The third-order valence-corrected chi connectivity index (χ3v) is 1.17. The minimum Gasteiger partial charge on any atom is -0.198 e. The molecular weight excluding hydrogens is 124 g/mol. The summed E-state index contributed by atoms with van der Waals surface area (Å²) in [6.45, 7) is 1.75. The van der Waals surface area contributed by atoms with Gasteiger partial charge < -0.3 is 0 Å². The van der Waals surface area contributed by atoms with E-state index in [1.165, 1.54) is 0 Å². The van der Waals surface area contributed by atoms with E-state index < -0.39 is 5.92 Å². The molecule has 0 N–H and O–H groups in total. The molecule has 0 spiro atoms. The Labute approximate surface area is 61.1 Å². The van der Waals surface area contributed by atoms with Crippen molar-refractivity contribution in [3.8, 4) is 24.5 Å². The summed E-state index contributed by atoms with van der Waals surface area (Å²) in [5.41, 5.74) is 0. The van der Waals surface area contributed by atoms with E-state index in [1.807, 2.05) is 12.1 Å². The summed E-state index contributed by atoms with van der Waals surface area (Å²) in [5.74, 6) is 1.77. The van der Waals surface area contributed by atoms with E-state index in [0.717, 1.165) is 0 Å². The standard InChI is InChI=1S/C8H8N2/c1-3-8(6-10)4-7(2)5-9/h1,7-8H,4H2,2H3. The van der Waals surface area contributed by atoms with Gasteiger partial charge in [-0.15, -0.1) is 6.42 Å². The van der Waals surface area contributed by atoms with Gasteiger partial charge in [-0.2, -0.15) is 10.5 Å². The molecule has 0 aliphatic carbocycles. The molecule has 0 saturated carbocycles. The molecule has 0 rings (SSSR count). The van der Waals surface area contributed by atoms with Gasteiger partial charge in [-0.25, -0.2) is 0 Å². The maximum Gasteiger partial charge on any atom is 0.108 e. The summed E-state index contributed by atoms with van der Waals surface area (Å²) < 4.78 is 0. The van der Waals surface area contributed by atoms with Crippen molar-refractivity contribution in [2.75, 3.05) is 0 Å². The van der Waals surface area contributed by atoms with Gasteiger partial charge in [-0.05, 0) is 13.3 Å². The Kier molecular flexibility index (Phi) is 3.78. The van der Waals surface area contributed by atoms with Crippen LogP contribution in [0.4, 0.5) is 0 Å². The molecule has 0 amide bonds. The van der Waals surface area contributed by atoms with E-state index >= 15 is 0 Å². The van der Waals surface area contributed by atoms with Gasteiger partial charge in [0.15, 0.2) is 0 Å². The maximum absolute atomic E-state index is 8.37. The zero-order chi connectivity index (χ0) is 7.98. The van der Waals surface area contributed by atoms with Gasteiger partial charge in [0.2, 0.25) is 0 Å². The topological polar surface area (TPSA) is 47.6 Å². The number of terminal acetylenes is 1. The van der Waals surface area contributed by atoms with E-state index in [0.29, 0.717) is 6.42 Å². The van der Waals surface area contributed by atoms with E-state index in [2.05, 4.69) is 5.92 Å². The van der Waals surface area contributed by atoms with Crippen LogP contribution in [0.25, 0.3) is 0 Å². The molecule has 2 nitrogen and oxygen atoms in total. The highest BCUT2D eigenvalue weighted by molar-refractivity contribution is 5.06. The lowest BCUT2D eigenvalue weighted by Crippen LogP contribution is -1.99. The average molecular weight is 132 g/mol. The van der Waals surface area contributed by atoms with E-state index in [4.69, 9.17) is 16.9 Å². The Hall–Kier alpha value is -1.46. The summed E-state index contributed by atoms with van der Waals surface area (Å²) in [7, 11) is 0. The Balaban J connectivity index is 3.83. The second kappa shape index (κ2) is 4.42. The molecule has 2 atom stereocenters. The molecular formula is C8H8N2. The Bertz CT molecular complexity index is 197. The number of hydrogen-bond acceptors (Lipinski definition) is 2. The Morgan fingerprint density at radius 1 is 1.40 bits per heavy atom. The molecule has 0 aliphatic rings. The molecule has 0 bridgehead atoms. The van der Waals surface area contributed by atoms with Crippen LogP contribution in [-0.4, -0.2) is 0 Å². The summed E-state index contributed by atoms with van der Waals surface area (Å²) in [6.07, 6.45) is 5.48. The molecule has 0 saturated heterocycles. The van der Waals surface area contributed by atoms with Crippen molar-refractivity contribution < 1.29 is 0 Å². The Morgan fingerprint density at radius 2 is 2.00 bits per heavy atom. The van der Waals surface area contributed by atoms with Crippen molar-refractivity contribution in [2.45, 2.75) is 13.3 Å². The molecule has 2 heteroatoms. The van der Waals surface area contributed by atoms with Gasteiger partial charge in [0, 0.05) is 5.92 Å². The largest absolute Gasteiger partial charge is 0.198 e. The first-order valence-corrected chi connectivity index (χ1v) is 3.00. The smallest absolute Gasteiger partial charge is 0.108 e. The van der Waals surface area contributed by atoms with Crippen LogP contribution in [0.15, 0.2) is 0 Å². The fraction of sp³-hybridized carbons (Fsp3) is 0.500. The highest BCUT2D eigenvalue weighted by atomic mass is 14.3. The van der Waals surface area contributed by atoms with Crippen LogP contribution in [0.3, 0.4) is 0 Å². The van der Waals surface area contributed by atoms with Crippen LogP contribution in [-0.2, 0) is 0 Å². The lowest BCUT2D eigenvalue weighted by molar-refractivity contribution is 0.610. The maximum atomic E-state index is 8.37. The lowest BCUT2D eigenvalue weighted by Gasteiger charge is -2.00. The number of nitriles is 2. The third-order valence-electron chi connectivity index (χ3n) is 1.17. The summed E-state index contributed by atoms with van der Waals surface area (Å²) in [5, 5.41) is 16.7. The van der Waals surface area contributed by atoms with E-state index in [9.17, 15) is 0 Å². The van der Waals surface area contributed by atoms with Crippen molar-refractivity contribution in [1.29, 1.82) is 10.5 Å². The van der Waals surface area contributed by atoms with Crippen LogP contribution in [0, 0.1) is 46.8 Å². The van der Waals surface area contributed by atoms with Gasteiger partial charge in [-0.3, -0.25) is 0 Å². The van der Waals surface area contributed by atoms with Crippen LogP contribution in [0.5, 0.6) is 0 Å². The van der Waals surface area contributed by atoms with Crippen LogP contribution in [0.1, 0.15) is 13.3 Å². The highest BCUT2D eigenvalue weighted by Crippen LogP contribution is 2.08. The average Bonchev–Trinajstić information content (AvgIpc) is 1.99. The predicted octanol–water partition coefficient (Wildman–Crippen LogP) is 1.31. The molecule has 10 heavy (non-hydrogen) atoms. The van der Waals surface area contributed by atoms with E-state index in [1.54, 1.807) is 6.92 Å². The molecule has 0 aromatic heterocycles. The second-order valence-corrected chi connectivity index (χ2v) is 2.11. The molecule has 0 aliphatic heterocycles. The first-order valence-electron chi connectivity index (χ1n) is 3.00. The predicted molar refractivity (Wildman–Crippen MR) is 37.3 cm³/mol. The fourth-order valence-electron chi connectivity index (χ4n) is 0.564. The second-order valence-electron chi connectivity index (χ2n) is 2.11. The minimum atomic E-state index is -0.408. The number of nitrogens with zero attached hydrogens (tertiary/aromatic N) is 2. The first kappa shape index (κ1) is 8.54. The normalized spacial score (nSPS) is 13.8. The monoisotopic (exact) mass is 132 g/mol. The third kappa shape index (κ3) is 2.75. The quantitative estimate of drug-likeness (QED) is 0.532. The fourth-order valence-corrected chi connectivity index (χ4v) is 0.564. The zero-order valence-corrected chi connectivity index (χ0v) is 5.83. The number of rotatable bonds is 2. The highest BCUT2D eigenvalue weighted by Gasteiger charge is 2.07. The minimum absolute atomic E-state index is 0.124. The molecule has 0 aromatic rings. The SMILES string of the molecule is C#CC(C#N)CC(C)C#N. The molecule has 0 radical (unpaired) electrons. The van der Waals surface area contributed by atoms with Crippen LogP contribution in [0.2, 0.25) is 0 Å². The number of hydrogen-bond donors (Lipinski definition) is 0. The van der Waals surface area contributed by atoms with Crippen LogP contribution >= 0.6 is 0 Å². The van der Waals surface area contributed by atoms with Crippen molar-refractivity contribution in [3.63, 3.8) is 0 Å². The summed E-state index contributed by atoms with van der Waals surface area (Å²) in [4.78, 5) is 0.